The summed E-state index contributed by atoms with van der Waals surface area (Å²) >= 11 is 0. The van der Waals surface area contributed by atoms with Crippen LogP contribution in [0.1, 0.15) is 74.4 Å². The fraction of sp³-hybridized carbons (Fsp3) is 0.366. The van der Waals surface area contributed by atoms with Crippen molar-refractivity contribution in [3.8, 4) is 11.5 Å². The number of phenolic OH excluding ortho intramolecular Hbond substituents is 1. The third-order valence-corrected chi connectivity index (χ3v) is 9.32. The van der Waals surface area contributed by atoms with E-state index in [0.717, 1.165) is 28.1 Å². The summed E-state index contributed by atoms with van der Waals surface area (Å²) in [5.74, 6) is -2.47. The summed E-state index contributed by atoms with van der Waals surface area (Å²) in [6.45, 7) is 4.41. The monoisotopic (exact) mass is 788 g/mol. The molecular weight excluding hydrogens is 736 g/mol. The van der Waals surface area contributed by atoms with Gasteiger partial charge in [-0.15, -0.1) is 0 Å². The van der Waals surface area contributed by atoms with Crippen LogP contribution in [-0.4, -0.2) is 100 Å². The van der Waals surface area contributed by atoms with Crippen LogP contribution in [0.4, 0.5) is 0 Å². The largest absolute Gasteiger partial charge is 0.508 e. The molecule has 306 valence electrons. The number of aromatic hydroxyl groups is 1. The fourth-order valence-corrected chi connectivity index (χ4v) is 6.11. The minimum atomic E-state index is -1.91. The number of phenols is 1. The molecule has 4 amide bonds. The third-order valence-electron chi connectivity index (χ3n) is 9.32. The maximum atomic E-state index is 12.5. The highest BCUT2D eigenvalue weighted by Crippen LogP contribution is 2.24. The van der Waals surface area contributed by atoms with Crippen LogP contribution >= 0.6 is 0 Å². The van der Waals surface area contributed by atoms with Crippen LogP contribution in [-0.2, 0) is 45.4 Å². The minimum Gasteiger partial charge on any atom is -0.508 e. The average Bonchev–Trinajstić information content (AvgIpc) is 3.84. The van der Waals surface area contributed by atoms with Gasteiger partial charge >= 0.3 is 0 Å². The lowest BCUT2D eigenvalue weighted by Gasteiger charge is -2.24. The minimum absolute atomic E-state index is 0. The van der Waals surface area contributed by atoms with Crippen LogP contribution in [0.3, 0.4) is 0 Å². The molecule has 0 unspecified atom stereocenters. The van der Waals surface area contributed by atoms with Gasteiger partial charge in [0.25, 0.3) is 23.6 Å². The quantitative estimate of drug-likeness (QED) is 0.116. The van der Waals surface area contributed by atoms with Crippen molar-refractivity contribution in [3.05, 3.63) is 119 Å². The molecule has 2 aliphatic heterocycles. The van der Waals surface area contributed by atoms with Crippen molar-refractivity contribution in [1.82, 2.24) is 30.4 Å². The molecule has 0 bridgehead atoms. The first kappa shape index (κ1) is 45.4. The van der Waals surface area contributed by atoms with Gasteiger partial charge in [-0.2, -0.15) is 0 Å². The molecule has 16 heteroatoms. The topological polar surface area (TPSA) is 235 Å². The molecule has 0 spiro atoms. The Morgan fingerprint density at radius 3 is 1.49 bits per heavy atom. The number of ether oxygens (including phenoxy) is 1. The summed E-state index contributed by atoms with van der Waals surface area (Å²) in [4.78, 5) is 60.5. The second kappa shape index (κ2) is 20.3. The molecule has 2 aromatic carbocycles. The molecule has 4 aromatic rings. The van der Waals surface area contributed by atoms with Crippen molar-refractivity contribution >= 4 is 23.6 Å². The highest BCUT2D eigenvalue weighted by atomic mass is 16.5. The molecule has 4 heterocycles. The van der Waals surface area contributed by atoms with Crippen LogP contribution < -0.4 is 15.4 Å². The molecule has 0 fully saturated rings. The van der Waals surface area contributed by atoms with Crippen LogP contribution in [0.15, 0.2) is 85.2 Å². The average molecular weight is 789 g/mol. The summed E-state index contributed by atoms with van der Waals surface area (Å²) < 4.78 is 5.15. The summed E-state index contributed by atoms with van der Waals surface area (Å²) in [5, 5.41) is 55.3. The van der Waals surface area contributed by atoms with E-state index in [2.05, 4.69) is 20.6 Å². The van der Waals surface area contributed by atoms with Crippen molar-refractivity contribution in [1.29, 1.82) is 0 Å². The zero-order valence-electron chi connectivity index (χ0n) is 30.4. The van der Waals surface area contributed by atoms with Crippen LogP contribution in [0.5, 0.6) is 11.5 Å². The van der Waals surface area contributed by atoms with Gasteiger partial charge in [0.05, 0.1) is 43.7 Å². The lowest BCUT2D eigenvalue weighted by molar-refractivity contribution is -0.153. The van der Waals surface area contributed by atoms with Crippen molar-refractivity contribution in [3.63, 3.8) is 0 Å². The number of carbonyl (C=O) groups excluding carboxylic acids is 4. The molecule has 6 atom stereocenters. The van der Waals surface area contributed by atoms with Crippen molar-refractivity contribution < 1.29 is 49.4 Å². The number of hydrogen-bond donors (Lipinski definition) is 7. The molecular formula is C41H52N6O10. The number of aromatic nitrogens is 2. The number of rotatable bonds is 11. The van der Waals surface area contributed by atoms with Gasteiger partial charge < -0.3 is 50.7 Å². The number of amides is 4. The van der Waals surface area contributed by atoms with E-state index in [-0.39, 0.29) is 46.8 Å². The Labute approximate surface area is 331 Å². The normalized spacial score (nSPS) is 15.6. The van der Waals surface area contributed by atoms with Crippen LogP contribution in [0.2, 0.25) is 0 Å². The zero-order chi connectivity index (χ0) is 39.8. The Morgan fingerprint density at radius 2 is 1.07 bits per heavy atom. The molecule has 16 nitrogen and oxygen atoms in total. The molecule has 0 radical (unpaired) electrons. The lowest BCUT2D eigenvalue weighted by Crippen LogP contribution is -2.50. The number of carbonyl (C=O) groups is 4. The number of aliphatic hydroxyl groups is 4. The second-order valence-corrected chi connectivity index (χ2v) is 13.2. The number of nitrogens with one attached hydrogen (secondary N) is 2. The zero-order valence-corrected chi connectivity index (χ0v) is 30.4. The molecule has 2 aromatic heterocycles. The smallest absolute Gasteiger partial charge is 0.255 e. The Hall–Kier alpha value is -5.94. The molecule has 6 rings (SSSR count). The van der Waals surface area contributed by atoms with Gasteiger partial charge in [0.15, 0.2) is 24.4 Å². The fourth-order valence-electron chi connectivity index (χ4n) is 6.11. The van der Waals surface area contributed by atoms with E-state index in [1.54, 1.807) is 81.9 Å². The predicted molar refractivity (Wildman–Crippen MR) is 209 cm³/mol. The number of methoxy groups -OCH3 is 1. The summed E-state index contributed by atoms with van der Waals surface area (Å²) in [6.07, 6.45) is -4.27. The predicted octanol–water partition coefficient (Wildman–Crippen LogP) is 2.03. The maximum absolute atomic E-state index is 12.5. The number of hydrogen-bond acceptors (Lipinski definition) is 12. The van der Waals surface area contributed by atoms with Gasteiger partial charge in [0.1, 0.15) is 11.5 Å². The number of nitrogens with zero attached hydrogens (tertiary/aromatic N) is 4. The molecule has 57 heavy (non-hydrogen) atoms. The molecule has 2 aliphatic rings. The van der Waals surface area contributed by atoms with E-state index in [9.17, 15) is 44.7 Å². The van der Waals surface area contributed by atoms with Crippen molar-refractivity contribution in [2.45, 2.75) is 91.4 Å². The lowest BCUT2D eigenvalue weighted by atomic mass is 10.1. The number of pyridine rings is 2. The van der Waals surface area contributed by atoms with E-state index in [1.165, 1.54) is 21.9 Å². The molecule has 0 aliphatic carbocycles. The van der Waals surface area contributed by atoms with E-state index in [0.29, 0.717) is 11.3 Å². The maximum Gasteiger partial charge on any atom is 0.255 e. The number of benzene rings is 2. The van der Waals surface area contributed by atoms with Crippen molar-refractivity contribution in [2.75, 3.05) is 7.11 Å². The van der Waals surface area contributed by atoms with E-state index in [1.807, 2.05) is 12.1 Å². The Kier molecular flexibility index (Phi) is 16.2. The van der Waals surface area contributed by atoms with Gasteiger partial charge in [0.2, 0.25) is 0 Å². The van der Waals surface area contributed by atoms with E-state index < -0.39 is 60.1 Å². The molecule has 0 saturated heterocycles. The standard InChI is InChI=1S/C20H23N3O5.C19H21N3O5.2CH4/c1-12(13-5-3-7-15(9-13)28-2)22-19(26)17(24)18(25)20(27)23-10-14-6-4-8-21-16(14)11-23;1-11(12-4-2-6-14(23)8-12)21-18(26)16(24)17(25)19(27)22-9-13-5-3-7-20-15(13)10-22;;/h3-9,12,17-18,24-25H,10-11H2,1-2H3,(H,22,26);2-8,11,16-17,23-25H,9-10H2,1H3,(H,21,26);2*1H4/t12-,17-,18-;11-,16-,17-;;/m11../s1. The summed E-state index contributed by atoms with van der Waals surface area (Å²) in [6, 6.07) is 19.7. The SMILES string of the molecule is C.C.COc1cccc([C@@H](C)NC(=O)[C@H](O)[C@@H](O)C(=O)N2Cc3cccnc3C2)c1.C[C@@H](NC(=O)[C@H](O)[C@@H](O)C(=O)N1Cc2cccnc2C1)c1cccc(O)c1. The Balaban J connectivity index is 0.000000295. The van der Waals surface area contributed by atoms with Crippen LogP contribution in [0, 0.1) is 0 Å². The third kappa shape index (κ3) is 11.1. The van der Waals surface area contributed by atoms with Gasteiger partial charge in [-0.3, -0.25) is 29.1 Å². The number of aliphatic hydroxyl groups excluding tert-OH is 4. The Bertz CT molecular complexity index is 1960. The first-order valence-corrected chi connectivity index (χ1v) is 17.5. The second-order valence-electron chi connectivity index (χ2n) is 13.2. The highest BCUT2D eigenvalue weighted by molar-refractivity contribution is 5.92. The van der Waals surface area contributed by atoms with E-state index >= 15 is 0 Å². The van der Waals surface area contributed by atoms with Crippen molar-refractivity contribution in [2.24, 2.45) is 0 Å². The first-order valence-electron chi connectivity index (χ1n) is 17.5. The van der Waals surface area contributed by atoms with E-state index in [4.69, 9.17) is 4.74 Å². The molecule has 0 saturated carbocycles. The molecule has 7 N–H and O–H groups in total. The van der Waals surface area contributed by atoms with Gasteiger partial charge in [-0.1, -0.05) is 51.3 Å². The summed E-state index contributed by atoms with van der Waals surface area (Å²) in [7, 11) is 1.54. The number of fused-ring (bicyclic) bond motifs is 2. The van der Waals surface area contributed by atoms with Gasteiger partial charge in [-0.05, 0) is 72.5 Å². The van der Waals surface area contributed by atoms with Gasteiger partial charge in [0, 0.05) is 25.5 Å². The Morgan fingerprint density at radius 1 is 0.632 bits per heavy atom. The van der Waals surface area contributed by atoms with Gasteiger partial charge in [-0.25, -0.2) is 0 Å². The van der Waals surface area contributed by atoms with Crippen LogP contribution in [0.25, 0.3) is 0 Å². The highest BCUT2D eigenvalue weighted by Gasteiger charge is 2.37. The summed E-state index contributed by atoms with van der Waals surface area (Å²) in [5.41, 5.74) is 4.62. The first-order chi connectivity index (χ1) is 26.3.